The molecule has 5 nitrogen and oxygen atoms in total. The van der Waals surface area contributed by atoms with Crippen molar-refractivity contribution in [2.45, 2.75) is 51.6 Å². The van der Waals surface area contributed by atoms with E-state index in [2.05, 4.69) is 5.32 Å². The third-order valence-electron chi connectivity index (χ3n) is 4.77. The molecule has 2 aliphatic rings. The number of fused-ring (bicyclic) bond motifs is 1. The van der Waals surface area contributed by atoms with Crippen molar-refractivity contribution in [3.8, 4) is 0 Å². The molecule has 0 aromatic heterocycles. The van der Waals surface area contributed by atoms with Gasteiger partial charge in [-0.25, -0.2) is 0 Å². The molecule has 0 aliphatic carbocycles. The van der Waals surface area contributed by atoms with Gasteiger partial charge in [-0.1, -0.05) is 12.1 Å². The van der Waals surface area contributed by atoms with Crippen LogP contribution in [0, 0.1) is 5.41 Å². The fraction of sp³-hybridized carbons (Fsp3) is 0.500. The molecule has 1 aromatic rings. The Morgan fingerprint density at radius 2 is 1.86 bits per heavy atom. The Balaban J connectivity index is 1.77. The fourth-order valence-electron chi connectivity index (χ4n) is 2.73. The quantitative estimate of drug-likeness (QED) is 0.824. The number of benzene rings is 1. The van der Waals surface area contributed by atoms with E-state index in [9.17, 15) is 4.79 Å². The number of hydrogen-bond acceptors (Lipinski definition) is 4. The summed E-state index contributed by atoms with van der Waals surface area (Å²) >= 11 is 0. The Hall–Kier alpha value is -1.66. The molecular weight excluding hydrogens is 279 g/mol. The molecule has 22 heavy (non-hydrogen) atoms. The van der Waals surface area contributed by atoms with E-state index < -0.39 is 0 Å². The van der Waals surface area contributed by atoms with Gasteiger partial charge < -0.3 is 14.6 Å². The van der Waals surface area contributed by atoms with Crippen molar-refractivity contribution in [1.29, 1.82) is 5.41 Å². The van der Waals surface area contributed by atoms with Crippen LogP contribution in [0.4, 0.5) is 5.69 Å². The second-order valence-corrected chi connectivity index (χ2v) is 6.99. The predicted molar refractivity (Wildman–Crippen MR) is 86.3 cm³/mol. The minimum Gasteiger partial charge on any atom is -0.403 e. The monoisotopic (exact) mass is 300 g/mol. The topological polar surface area (TPSA) is 71.4 Å². The van der Waals surface area contributed by atoms with Crippen molar-refractivity contribution in [2.24, 2.45) is 0 Å². The molecule has 2 aliphatic heterocycles. The number of anilines is 1. The van der Waals surface area contributed by atoms with Crippen LogP contribution in [0.2, 0.25) is 0 Å². The molecule has 0 saturated carbocycles. The highest BCUT2D eigenvalue weighted by Gasteiger charge is 2.50. The van der Waals surface area contributed by atoms with E-state index in [1.54, 1.807) is 0 Å². The summed E-state index contributed by atoms with van der Waals surface area (Å²) in [5, 5.41) is 10.4. The molecule has 1 fully saturated rings. The van der Waals surface area contributed by atoms with Crippen molar-refractivity contribution in [3.05, 3.63) is 29.3 Å². The van der Waals surface area contributed by atoms with E-state index >= 15 is 0 Å². The maximum atomic E-state index is 11.6. The van der Waals surface area contributed by atoms with Crippen LogP contribution in [-0.2, 0) is 26.8 Å². The largest absolute Gasteiger partial charge is 0.462 e. The Morgan fingerprint density at radius 1 is 1.23 bits per heavy atom. The number of hydrogen-bond donors (Lipinski definition) is 2. The lowest BCUT2D eigenvalue weighted by atomic mass is 9.80. The van der Waals surface area contributed by atoms with Gasteiger partial charge in [-0.2, -0.15) is 0 Å². The van der Waals surface area contributed by atoms with Crippen LogP contribution in [0.3, 0.4) is 0 Å². The summed E-state index contributed by atoms with van der Waals surface area (Å²) in [6, 6.07) is 5.92. The Labute approximate surface area is 131 Å². The van der Waals surface area contributed by atoms with Crippen molar-refractivity contribution >= 4 is 24.4 Å². The fourth-order valence-corrected chi connectivity index (χ4v) is 2.73. The molecule has 0 spiro atoms. The second kappa shape index (κ2) is 4.93. The van der Waals surface area contributed by atoms with E-state index in [1.807, 2.05) is 45.9 Å². The minimum absolute atomic E-state index is 0.103. The zero-order valence-corrected chi connectivity index (χ0v) is 13.4. The van der Waals surface area contributed by atoms with Crippen molar-refractivity contribution in [2.75, 3.05) is 5.32 Å². The van der Waals surface area contributed by atoms with E-state index in [4.69, 9.17) is 14.7 Å². The lowest BCUT2D eigenvalue weighted by Gasteiger charge is -2.32. The predicted octanol–water partition coefficient (Wildman–Crippen LogP) is 2.37. The Kier molecular flexibility index (Phi) is 3.42. The number of amides is 1. The summed E-state index contributed by atoms with van der Waals surface area (Å²) in [5.41, 5.74) is 2.24. The summed E-state index contributed by atoms with van der Waals surface area (Å²) < 4.78 is 12.0. The lowest BCUT2D eigenvalue weighted by molar-refractivity contribution is -0.110. The van der Waals surface area contributed by atoms with Gasteiger partial charge in [0.25, 0.3) is 5.91 Å². The molecule has 0 bridgehead atoms. The van der Waals surface area contributed by atoms with E-state index in [0.717, 1.165) is 16.8 Å². The maximum absolute atomic E-state index is 11.6. The number of rotatable bonds is 2. The van der Waals surface area contributed by atoms with Crippen LogP contribution in [0.1, 0.15) is 38.8 Å². The first-order chi connectivity index (χ1) is 10.2. The van der Waals surface area contributed by atoms with Gasteiger partial charge in [0.1, 0.15) is 5.71 Å². The number of nitrogens with one attached hydrogen (secondary N) is 2. The third kappa shape index (κ3) is 2.57. The highest BCUT2D eigenvalue weighted by molar-refractivity contribution is 6.45. The molecule has 2 heterocycles. The van der Waals surface area contributed by atoms with Crippen LogP contribution in [-0.4, -0.2) is 29.9 Å². The normalized spacial score (nSPS) is 22.5. The van der Waals surface area contributed by atoms with E-state index in [0.29, 0.717) is 12.7 Å². The molecular formula is C16H21BN2O3. The summed E-state index contributed by atoms with van der Waals surface area (Å²) in [6.07, 6.45) is 1.02. The molecule has 0 unspecified atom stereocenters. The minimum atomic E-state index is -0.338. The van der Waals surface area contributed by atoms with E-state index in [1.165, 1.54) is 0 Å². The molecule has 6 heteroatoms. The molecule has 116 valence electrons. The van der Waals surface area contributed by atoms with Crippen LogP contribution < -0.4 is 5.32 Å². The smallest absolute Gasteiger partial charge is 0.403 e. The zero-order valence-electron chi connectivity index (χ0n) is 13.4. The van der Waals surface area contributed by atoms with Gasteiger partial charge in [-0.3, -0.25) is 10.2 Å². The highest BCUT2D eigenvalue weighted by Crippen LogP contribution is 2.37. The van der Waals surface area contributed by atoms with Crippen LogP contribution in [0.15, 0.2) is 18.2 Å². The zero-order chi connectivity index (χ0) is 16.1. The van der Waals surface area contributed by atoms with Gasteiger partial charge in [0.2, 0.25) is 0 Å². The first kappa shape index (κ1) is 15.2. The van der Waals surface area contributed by atoms with Crippen molar-refractivity contribution < 1.29 is 14.1 Å². The van der Waals surface area contributed by atoms with Gasteiger partial charge in [0, 0.05) is 18.4 Å². The first-order valence-corrected chi connectivity index (χ1v) is 7.54. The Morgan fingerprint density at radius 3 is 2.50 bits per heavy atom. The van der Waals surface area contributed by atoms with Gasteiger partial charge in [-0.05, 0) is 44.9 Å². The highest BCUT2D eigenvalue weighted by atomic mass is 16.7. The molecule has 1 aromatic carbocycles. The molecule has 2 N–H and O–H groups in total. The van der Waals surface area contributed by atoms with Crippen LogP contribution in [0.25, 0.3) is 0 Å². The summed E-state index contributed by atoms with van der Waals surface area (Å²) in [7, 11) is -0.291. The van der Waals surface area contributed by atoms with Crippen molar-refractivity contribution in [1.82, 2.24) is 0 Å². The van der Waals surface area contributed by atoms with Gasteiger partial charge >= 0.3 is 7.12 Å². The molecule has 0 atom stereocenters. The standard InChI is InChI=1S/C16H21BN2O3/c1-15(2)16(3,4)22-17(21-15)9-10-5-6-11-8-12(18)14(20)19-13(11)7-10/h5-7,18H,8-9H2,1-4H3,(H,19,20). The molecule has 1 saturated heterocycles. The number of carbonyl (C=O) groups excluding carboxylic acids is 1. The summed E-state index contributed by atoms with van der Waals surface area (Å²) in [5.74, 6) is -0.319. The maximum Gasteiger partial charge on any atom is 0.462 e. The second-order valence-electron chi connectivity index (χ2n) is 6.99. The Bertz CT molecular complexity index is 639. The average Bonchev–Trinajstić information content (AvgIpc) is 2.59. The third-order valence-corrected chi connectivity index (χ3v) is 4.77. The van der Waals surface area contributed by atoms with E-state index in [-0.39, 0.29) is 29.9 Å². The van der Waals surface area contributed by atoms with Crippen LogP contribution in [0.5, 0.6) is 0 Å². The molecule has 0 radical (unpaired) electrons. The summed E-state index contributed by atoms with van der Waals surface area (Å²) in [4.78, 5) is 11.6. The lowest BCUT2D eigenvalue weighted by Crippen LogP contribution is -2.41. The van der Waals surface area contributed by atoms with Gasteiger partial charge in [-0.15, -0.1) is 0 Å². The SMILES string of the molecule is CC1(C)OB(Cc2ccc3c(c2)NC(=O)C(=N)C3)OC1(C)C. The molecule has 3 rings (SSSR count). The number of carbonyl (C=O) groups is 1. The van der Waals surface area contributed by atoms with Crippen molar-refractivity contribution in [3.63, 3.8) is 0 Å². The first-order valence-electron chi connectivity index (χ1n) is 7.54. The van der Waals surface area contributed by atoms with Gasteiger partial charge in [0.05, 0.1) is 11.2 Å². The van der Waals surface area contributed by atoms with Gasteiger partial charge in [0.15, 0.2) is 0 Å². The molecule has 1 amide bonds. The summed E-state index contributed by atoms with van der Waals surface area (Å²) in [6.45, 7) is 8.13. The average molecular weight is 300 g/mol. The van der Waals surface area contributed by atoms with Crippen LogP contribution >= 0.6 is 0 Å².